The van der Waals surface area contributed by atoms with Crippen molar-refractivity contribution in [3.8, 4) is 11.5 Å². The lowest BCUT2D eigenvalue weighted by Gasteiger charge is -2.09. The van der Waals surface area contributed by atoms with Crippen LogP contribution in [0.3, 0.4) is 0 Å². The van der Waals surface area contributed by atoms with E-state index in [1.165, 1.54) is 24.5 Å². The predicted octanol–water partition coefficient (Wildman–Crippen LogP) is 4.08. The molecular formula is C21H23NO5S. The van der Waals surface area contributed by atoms with Gasteiger partial charge in [-0.05, 0) is 55.5 Å². The molecule has 1 aliphatic carbocycles. The number of nitrogens with one attached hydrogen (secondary N) is 1. The van der Waals surface area contributed by atoms with Gasteiger partial charge in [0.05, 0.1) is 26.4 Å². The van der Waals surface area contributed by atoms with Gasteiger partial charge in [0.2, 0.25) is 5.91 Å². The molecule has 6 nitrogen and oxygen atoms in total. The number of anilines is 1. The second-order valence-corrected chi connectivity index (χ2v) is 7.32. The van der Waals surface area contributed by atoms with Gasteiger partial charge in [-0.15, -0.1) is 11.3 Å². The van der Waals surface area contributed by atoms with Crippen molar-refractivity contribution >= 4 is 34.3 Å². The Labute approximate surface area is 168 Å². The monoisotopic (exact) mass is 401 g/mol. The fraction of sp³-hybridized carbons (Fsp3) is 0.333. The zero-order valence-electron chi connectivity index (χ0n) is 16.2. The van der Waals surface area contributed by atoms with Gasteiger partial charge in [-0.2, -0.15) is 0 Å². The molecule has 7 heteroatoms. The maximum Gasteiger partial charge on any atom is 0.341 e. The molecule has 1 aromatic heterocycles. The lowest BCUT2D eigenvalue weighted by Crippen LogP contribution is -2.12. The highest BCUT2D eigenvalue weighted by Gasteiger charge is 2.27. The molecule has 0 unspecified atom stereocenters. The van der Waals surface area contributed by atoms with Gasteiger partial charge in [0.15, 0.2) is 11.5 Å². The second-order valence-electron chi connectivity index (χ2n) is 6.22. The maximum atomic E-state index is 12.4. The van der Waals surface area contributed by atoms with Gasteiger partial charge >= 0.3 is 5.97 Å². The topological polar surface area (TPSA) is 73.9 Å². The molecule has 148 valence electrons. The van der Waals surface area contributed by atoms with Crippen LogP contribution in [-0.4, -0.2) is 32.7 Å². The first kappa shape index (κ1) is 19.9. The summed E-state index contributed by atoms with van der Waals surface area (Å²) in [6.45, 7) is 2.45. The second kappa shape index (κ2) is 8.93. The van der Waals surface area contributed by atoms with Crippen molar-refractivity contribution in [2.75, 3.05) is 26.1 Å². The normalized spacial score (nSPS) is 12.7. The Balaban J connectivity index is 1.75. The number of aryl methyl sites for hydroxylation is 1. The van der Waals surface area contributed by atoms with Crippen molar-refractivity contribution < 1.29 is 23.8 Å². The molecule has 2 aromatic rings. The van der Waals surface area contributed by atoms with Gasteiger partial charge in [-0.25, -0.2) is 4.79 Å². The third-order valence-electron chi connectivity index (χ3n) is 4.46. The molecule has 0 saturated carbocycles. The van der Waals surface area contributed by atoms with E-state index in [0.717, 1.165) is 35.3 Å². The Hall–Kier alpha value is -2.80. The molecule has 0 atom stereocenters. The summed E-state index contributed by atoms with van der Waals surface area (Å²) in [4.78, 5) is 25.7. The van der Waals surface area contributed by atoms with E-state index < -0.39 is 5.97 Å². The zero-order valence-corrected chi connectivity index (χ0v) is 17.0. The molecule has 1 N–H and O–H groups in total. The molecule has 0 aliphatic heterocycles. The molecule has 1 amide bonds. The number of hydrogen-bond acceptors (Lipinski definition) is 6. The first-order valence-corrected chi connectivity index (χ1v) is 9.91. The molecule has 0 radical (unpaired) electrons. The first-order valence-electron chi connectivity index (χ1n) is 9.10. The maximum absolute atomic E-state index is 12.4. The molecule has 1 heterocycles. The minimum atomic E-state index is -0.407. The Bertz CT molecular complexity index is 916. The number of fused-ring (bicyclic) bond motifs is 1. The van der Waals surface area contributed by atoms with E-state index in [4.69, 9.17) is 14.2 Å². The van der Waals surface area contributed by atoms with Crippen LogP contribution in [0.1, 0.15) is 39.7 Å². The molecule has 1 aromatic carbocycles. The Kier molecular flexibility index (Phi) is 6.36. The van der Waals surface area contributed by atoms with E-state index in [-0.39, 0.29) is 5.91 Å². The van der Waals surface area contributed by atoms with E-state index in [1.807, 2.05) is 13.0 Å². The quantitative estimate of drug-likeness (QED) is 0.559. The number of ether oxygens (including phenoxy) is 3. The third-order valence-corrected chi connectivity index (χ3v) is 5.67. The SMILES string of the molecule is CCOc1ccc(/C=C/C(=O)Nc2sc3c(c2C(=O)OC)CCC3)cc1OC. The standard InChI is InChI=1S/C21H23NO5S/c1-4-27-15-10-8-13(12-16(15)25-2)9-11-18(23)22-20-19(21(24)26-3)14-6-5-7-17(14)28-20/h8-12H,4-7H2,1-3H3,(H,22,23)/b11-9+. The largest absolute Gasteiger partial charge is 0.493 e. The van der Waals surface area contributed by atoms with E-state index in [0.29, 0.717) is 28.7 Å². The Morgan fingerprint density at radius 2 is 2.04 bits per heavy atom. The van der Waals surface area contributed by atoms with Crippen LogP contribution in [0, 0.1) is 0 Å². The average Bonchev–Trinajstić information content (AvgIpc) is 3.27. The molecule has 0 saturated heterocycles. The van der Waals surface area contributed by atoms with Crippen molar-refractivity contribution in [3.05, 3.63) is 45.8 Å². The van der Waals surface area contributed by atoms with Crippen LogP contribution in [0.25, 0.3) is 6.08 Å². The number of methoxy groups -OCH3 is 2. The highest BCUT2D eigenvalue weighted by Crippen LogP contribution is 2.39. The van der Waals surface area contributed by atoms with Crippen molar-refractivity contribution in [2.45, 2.75) is 26.2 Å². The molecular weight excluding hydrogens is 378 g/mol. The summed E-state index contributed by atoms with van der Waals surface area (Å²) in [7, 11) is 2.93. The highest BCUT2D eigenvalue weighted by atomic mass is 32.1. The van der Waals surface area contributed by atoms with Crippen molar-refractivity contribution in [2.24, 2.45) is 0 Å². The number of carbonyl (C=O) groups is 2. The van der Waals surface area contributed by atoms with Crippen LogP contribution in [-0.2, 0) is 22.4 Å². The summed E-state index contributed by atoms with van der Waals surface area (Å²) in [5.74, 6) is 0.544. The van der Waals surface area contributed by atoms with E-state index in [2.05, 4.69) is 5.32 Å². The summed E-state index contributed by atoms with van der Waals surface area (Å²) in [6.07, 6.45) is 5.92. The number of rotatable bonds is 7. The number of hydrogen-bond donors (Lipinski definition) is 1. The number of amides is 1. The molecule has 0 fully saturated rings. The van der Waals surface area contributed by atoms with Crippen molar-refractivity contribution in [1.29, 1.82) is 0 Å². The van der Waals surface area contributed by atoms with Gasteiger partial charge in [-0.3, -0.25) is 4.79 Å². The average molecular weight is 401 g/mol. The van der Waals surface area contributed by atoms with Crippen LogP contribution in [0.2, 0.25) is 0 Å². The minimum Gasteiger partial charge on any atom is -0.493 e. The zero-order chi connectivity index (χ0) is 20.1. The van der Waals surface area contributed by atoms with Crippen LogP contribution in [0.5, 0.6) is 11.5 Å². The summed E-state index contributed by atoms with van der Waals surface area (Å²) in [5.41, 5.74) is 2.30. The van der Waals surface area contributed by atoms with Crippen molar-refractivity contribution in [3.63, 3.8) is 0 Å². The van der Waals surface area contributed by atoms with Crippen LogP contribution >= 0.6 is 11.3 Å². The summed E-state index contributed by atoms with van der Waals surface area (Å²) in [6, 6.07) is 5.45. The number of thiophene rings is 1. The van der Waals surface area contributed by atoms with Gasteiger partial charge in [-0.1, -0.05) is 6.07 Å². The highest BCUT2D eigenvalue weighted by molar-refractivity contribution is 7.17. The fourth-order valence-corrected chi connectivity index (χ4v) is 4.48. The Morgan fingerprint density at radius 3 is 2.75 bits per heavy atom. The third kappa shape index (κ3) is 4.20. The number of benzene rings is 1. The van der Waals surface area contributed by atoms with Gasteiger partial charge in [0.1, 0.15) is 5.00 Å². The lowest BCUT2D eigenvalue weighted by molar-refractivity contribution is -0.111. The Morgan fingerprint density at radius 1 is 1.21 bits per heavy atom. The van der Waals surface area contributed by atoms with Crippen LogP contribution < -0.4 is 14.8 Å². The van der Waals surface area contributed by atoms with E-state index in [1.54, 1.807) is 25.3 Å². The van der Waals surface area contributed by atoms with Crippen LogP contribution in [0.15, 0.2) is 24.3 Å². The number of esters is 1. The summed E-state index contributed by atoms with van der Waals surface area (Å²) in [5, 5.41) is 3.37. The molecule has 28 heavy (non-hydrogen) atoms. The van der Waals surface area contributed by atoms with Gasteiger partial charge in [0, 0.05) is 11.0 Å². The summed E-state index contributed by atoms with van der Waals surface area (Å²) < 4.78 is 15.7. The smallest absolute Gasteiger partial charge is 0.341 e. The molecule has 3 rings (SSSR count). The van der Waals surface area contributed by atoms with Crippen LogP contribution in [0.4, 0.5) is 5.00 Å². The number of carbonyl (C=O) groups excluding carboxylic acids is 2. The fourth-order valence-electron chi connectivity index (χ4n) is 3.20. The van der Waals surface area contributed by atoms with Gasteiger partial charge < -0.3 is 19.5 Å². The van der Waals surface area contributed by atoms with E-state index >= 15 is 0 Å². The predicted molar refractivity (Wildman–Crippen MR) is 110 cm³/mol. The molecule has 0 bridgehead atoms. The first-order chi connectivity index (χ1) is 13.6. The molecule has 1 aliphatic rings. The lowest BCUT2D eigenvalue weighted by atomic mass is 10.1. The van der Waals surface area contributed by atoms with Gasteiger partial charge in [0.25, 0.3) is 0 Å². The molecule has 0 spiro atoms. The summed E-state index contributed by atoms with van der Waals surface area (Å²) >= 11 is 1.45. The van der Waals surface area contributed by atoms with E-state index in [9.17, 15) is 9.59 Å². The van der Waals surface area contributed by atoms with Crippen molar-refractivity contribution in [1.82, 2.24) is 0 Å². The minimum absolute atomic E-state index is 0.307.